The number of aromatic nitrogens is 8. The Hall–Kier alpha value is -13.3. The number of ether oxygens (including phenoxy) is 8. The predicted octanol–water partition coefficient (Wildman–Crippen LogP) is 14.9. The van der Waals surface area contributed by atoms with Gasteiger partial charge in [-0.25, -0.2) is 76.6 Å². The van der Waals surface area contributed by atoms with E-state index in [1.807, 2.05) is 41.2 Å². The molecule has 8 saturated heterocycles. The van der Waals surface area contributed by atoms with E-state index < -0.39 is 58.4 Å². The van der Waals surface area contributed by atoms with Gasteiger partial charge in [0.2, 0.25) is 0 Å². The second-order valence-electron chi connectivity index (χ2n) is 32.4. The average Bonchev–Trinajstić information content (AvgIpc) is 1.55. The number of likely N-dealkylation sites (N-methyl/N-ethyl adjacent to an activating group) is 4. The Labute approximate surface area is 723 Å². The highest BCUT2D eigenvalue weighted by molar-refractivity contribution is 6.32. The van der Waals surface area contributed by atoms with E-state index in [0.29, 0.717) is 219 Å². The lowest BCUT2D eigenvalue weighted by Crippen LogP contribution is -2.62. The Kier molecular flexibility index (Phi) is 22.2. The van der Waals surface area contributed by atoms with Crippen LogP contribution in [0.2, 0.25) is 10.0 Å². The maximum absolute atomic E-state index is 14.7. The van der Waals surface area contributed by atoms with Crippen LogP contribution in [-0.2, 0) is 18.9 Å². The maximum Gasteiger partial charge on any atom is 0.415 e. The van der Waals surface area contributed by atoms with Gasteiger partial charge in [-0.15, -0.1) is 0 Å². The fourth-order valence-electron chi connectivity index (χ4n) is 17.1. The summed E-state index contributed by atoms with van der Waals surface area (Å²) in [6.07, 6.45) is 3.87. The number of benzene rings is 8. The minimum absolute atomic E-state index is 0.0475. The van der Waals surface area contributed by atoms with Crippen molar-refractivity contribution >= 4 is 160 Å². The Morgan fingerprint density at radius 1 is 0.352 bits per heavy atom. The quantitative estimate of drug-likeness (QED) is 0.0516. The van der Waals surface area contributed by atoms with Crippen molar-refractivity contribution in [2.45, 2.75) is 43.2 Å². The van der Waals surface area contributed by atoms with Crippen molar-refractivity contribution in [2.75, 3.05) is 176 Å². The van der Waals surface area contributed by atoms with E-state index in [1.54, 1.807) is 139 Å². The number of carbonyl (C=O) groups excluding carboxylic acids is 4. The molecule has 8 fully saturated rings. The summed E-state index contributed by atoms with van der Waals surface area (Å²) in [4.78, 5) is 99.8. The predicted molar refractivity (Wildman–Crippen MR) is 464 cm³/mol. The van der Waals surface area contributed by atoms with Gasteiger partial charge < -0.3 is 59.2 Å². The summed E-state index contributed by atoms with van der Waals surface area (Å²) >= 11 is 11.9. The molecule has 0 bridgehead atoms. The second-order valence-corrected chi connectivity index (χ2v) is 33.2. The first kappa shape index (κ1) is 84.0. The van der Waals surface area contributed by atoms with E-state index in [4.69, 9.17) is 61.1 Å². The van der Waals surface area contributed by atoms with E-state index in [0.717, 1.165) is 5.56 Å². The molecule has 8 aliphatic rings. The number of methoxy groups -OCH3 is 4. The van der Waals surface area contributed by atoms with Crippen LogP contribution in [0.5, 0.6) is 23.0 Å². The van der Waals surface area contributed by atoms with Gasteiger partial charge in [-0.2, -0.15) is 0 Å². The standard InChI is InChI=1S/C22H21ClFN5O3.2C22H22FN5O3.C21H19ClFN5O3/c1-12-4-5-14(19(24)18(12)23)27-20-13-6-16(17(31-3)7-15(13)25-11-26-20)29-10-22(32-21(29)30)8-28(2)9-22;1-13-4-5-16(15(23)6-13)26-20-14-7-18(19(30-3)8-17(14)24-12-25-20)28-11-22(31-21(28)29)9-27(2)10-22;1-13-5-4-6-15(19(13)23)26-20-14-7-17(18(30-3)8-16(14)24-12-25-20)28-11-22(31-21(28)29)9-27(2)10-22;1-27-8-21(9-27)10-28(20(29)31-21)17-6-13-16(7-18(17)30-2)24-11-25-19(13)26-15-4-3-12(22)5-14(15)23/h4-7,11H,8-10H2,1-3H3,(H,25,26,27);2*4-8,12H,9-11H2,1-3H3,(H,24,25,26);3-7,11H,8-10H2,1-2H3,(H,24,25,26). The zero-order valence-corrected chi connectivity index (χ0v) is 71.1. The third-order valence-electron chi connectivity index (χ3n) is 22.8. The summed E-state index contributed by atoms with van der Waals surface area (Å²) in [5, 5.41) is 14.9. The molecule has 8 aromatic carbocycles. The molecule has 4 amide bonds. The zero-order chi connectivity index (χ0) is 87.9. The number of hydrogen-bond donors (Lipinski definition) is 4. The van der Waals surface area contributed by atoms with Gasteiger partial charge in [0.05, 0.1) is 127 Å². The van der Waals surface area contributed by atoms with Crippen LogP contribution < -0.4 is 59.8 Å². The molecule has 12 aromatic rings. The molecular formula is C87H84Cl2F4N20O12. The first-order valence-corrected chi connectivity index (χ1v) is 40.3. The number of anilines is 12. The third kappa shape index (κ3) is 16.3. The van der Waals surface area contributed by atoms with Gasteiger partial charge in [-0.05, 0) is 132 Å². The van der Waals surface area contributed by atoms with Crippen LogP contribution in [0.3, 0.4) is 0 Å². The number of fused-ring (bicyclic) bond motifs is 4. The van der Waals surface area contributed by atoms with E-state index in [-0.39, 0.29) is 28.0 Å². The zero-order valence-electron chi connectivity index (χ0n) is 69.6. The van der Waals surface area contributed by atoms with Gasteiger partial charge in [0.25, 0.3) is 0 Å². The van der Waals surface area contributed by atoms with E-state index >= 15 is 0 Å². The molecule has 0 radical (unpaired) electrons. The van der Waals surface area contributed by atoms with Crippen LogP contribution >= 0.6 is 23.2 Å². The number of nitrogens with one attached hydrogen (secondary N) is 4. The molecule has 125 heavy (non-hydrogen) atoms. The molecular weight excluding hydrogens is 1660 g/mol. The molecule has 4 aromatic heterocycles. The van der Waals surface area contributed by atoms with Crippen molar-refractivity contribution in [3.63, 3.8) is 0 Å². The normalized spacial score (nSPS) is 17.6. The molecule has 20 rings (SSSR count). The number of likely N-dealkylation sites (tertiary alicyclic amines) is 4. The van der Waals surface area contributed by atoms with Crippen molar-refractivity contribution in [1.82, 2.24) is 59.5 Å². The number of halogens is 6. The average molecular weight is 1750 g/mol. The highest BCUT2D eigenvalue weighted by atomic mass is 35.5. The van der Waals surface area contributed by atoms with Crippen LogP contribution in [0.1, 0.15) is 16.7 Å². The molecule has 0 saturated carbocycles. The van der Waals surface area contributed by atoms with E-state index in [9.17, 15) is 36.7 Å². The molecule has 4 spiro atoms. The lowest BCUT2D eigenvalue weighted by Gasteiger charge is -2.43. The van der Waals surface area contributed by atoms with Crippen molar-refractivity contribution in [3.8, 4) is 23.0 Å². The van der Waals surface area contributed by atoms with Gasteiger partial charge in [0.15, 0.2) is 28.2 Å². The molecule has 12 heterocycles. The lowest BCUT2D eigenvalue weighted by atomic mass is 9.95. The van der Waals surface area contributed by atoms with Crippen molar-refractivity contribution < 1.29 is 74.6 Å². The van der Waals surface area contributed by atoms with Crippen molar-refractivity contribution in [1.29, 1.82) is 0 Å². The van der Waals surface area contributed by atoms with Crippen LogP contribution in [0.15, 0.2) is 141 Å². The van der Waals surface area contributed by atoms with Crippen molar-refractivity contribution in [2.24, 2.45) is 0 Å². The fraction of sp³-hybridized carbons (Fsp3) is 0.310. The summed E-state index contributed by atoms with van der Waals surface area (Å²) in [6.45, 7) is 12.4. The first-order valence-electron chi connectivity index (χ1n) is 39.5. The third-order valence-corrected chi connectivity index (χ3v) is 23.5. The number of nitrogens with zero attached hydrogens (tertiary/aromatic N) is 16. The largest absolute Gasteiger partial charge is 0.494 e. The molecule has 0 aliphatic carbocycles. The van der Waals surface area contributed by atoms with E-state index in [1.165, 1.54) is 57.7 Å². The molecule has 0 atom stereocenters. The SMILES string of the molecule is COc1cc2ncnc(Nc3ccc(C)c(Cl)c3F)c2cc1N1CC2(CN(C)C2)OC1=O.COc1cc2ncnc(Nc3ccc(C)cc3F)c2cc1N1CC2(CN(C)C2)OC1=O.COc1cc2ncnc(Nc3ccc(Cl)cc3F)c2cc1N1CC2(CN(C)C2)OC1=O.COc1cc2ncnc(Nc3cccc(C)c3F)c2cc1N1CC2(CN(C)C2)OC1=O. The Bertz CT molecular complexity index is 6160. The first-order chi connectivity index (χ1) is 59.9. The molecule has 38 heteroatoms. The number of hydrogen-bond acceptors (Lipinski definition) is 28. The molecule has 646 valence electrons. The summed E-state index contributed by atoms with van der Waals surface area (Å²) in [6, 6.07) is 31.7. The molecule has 32 nitrogen and oxygen atoms in total. The second kappa shape index (κ2) is 33.1. The van der Waals surface area contributed by atoms with Gasteiger partial charge in [-0.1, -0.05) is 47.5 Å². The van der Waals surface area contributed by atoms with Gasteiger partial charge in [0, 0.05) is 103 Å². The topological polar surface area (TPSA) is 319 Å². The summed E-state index contributed by atoms with van der Waals surface area (Å²) < 4.78 is 103. The molecule has 0 unspecified atom stereocenters. The van der Waals surface area contributed by atoms with Gasteiger partial charge in [0.1, 0.15) is 89.0 Å². The number of amides is 4. The molecule has 8 aliphatic heterocycles. The van der Waals surface area contributed by atoms with Crippen molar-refractivity contribution in [3.05, 3.63) is 191 Å². The van der Waals surface area contributed by atoms with Crippen LogP contribution in [0, 0.1) is 44.0 Å². The van der Waals surface area contributed by atoms with Gasteiger partial charge in [-0.3, -0.25) is 39.2 Å². The van der Waals surface area contributed by atoms with Gasteiger partial charge >= 0.3 is 24.4 Å². The van der Waals surface area contributed by atoms with Crippen LogP contribution in [-0.4, -0.2) is 241 Å². The minimum atomic E-state index is -0.564. The summed E-state index contributed by atoms with van der Waals surface area (Å²) in [5.74, 6) is 1.81. The number of rotatable bonds is 16. The summed E-state index contributed by atoms with van der Waals surface area (Å²) in [7, 11) is 14.1. The van der Waals surface area contributed by atoms with E-state index in [2.05, 4.69) is 80.7 Å². The number of aryl methyl sites for hydroxylation is 3. The number of carbonyl (C=O) groups is 4. The highest BCUT2D eigenvalue weighted by Crippen LogP contribution is 2.48. The highest BCUT2D eigenvalue weighted by Gasteiger charge is 2.57. The van der Waals surface area contributed by atoms with Crippen LogP contribution in [0.25, 0.3) is 43.6 Å². The minimum Gasteiger partial charge on any atom is -0.494 e. The fourth-order valence-corrected chi connectivity index (χ4v) is 17.5. The van der Waals surface area contributed by atoms with Crippen LogP contribution in [0.4, 0.5) is 106 Å². The monoisotopic (exact) mass is 1750 g/mol. The Morgan fingerprint density at radius 2 is 0.656 bits per heavy atom. The lowest BCUT2D eigenvalue weighted by molar-refractivity contribution is -0.0603. The summed E-state index contributed by atoms with van der Waals surface area (Å²) in [5.41, 5.74) is 5.59. The molecule has 4 N–H and O–H groups in total. The Morgan fingerprint density at radius 3 is 0.968 bits per heavy atom. The Balaban J connectivity index is 0.000000118. The smallest absolute Gasteiger partial charge is 0.415 e. The maximum atomic E-state index is 14.7.